The highest BCUT2D eigenvalue weighted by atomic mass is 19.4. The first-order valence-corrected chi connectivity index (χ1v) is 3.79. The van der Waals surface area contributed by atoms with E-state index >= 15 is 0 Å². The van der Waals surface area contributed by atoms with Crippen LogP contribution in [0.25, 0.3) is 0 Å². The molecule has 2 nitrogen and oxygen atoms in total. The maximum Gasteiger partial charge on any atom is 0.393 e. The number of nitrogens with one attached hydrogen (secondary N) is 1. The molecule has 1 rings (SSSR count). The van der Waals surface area contributed by atoms with Crippen molar-refractivity contribution in [1.29, 1.82) is 5.26 Å². The number of alkyl halides is 4. The van der Waals surface area contributed by atoms with Crippen molar-refractivity contribution >= 4 is 0 Å². The fourth-order valence-electron chi connectivity index (χ4n) is 1.26. The number of piperidine rings is 1. The van der Waals surface area contributed by atoms with Gasteiger partial charge in [-0.3, -0.25) is 5.32 Å². The summed E-state index contributed by atoms with van der Waals surface area (Å²) in [6.45, 7) is -0.373. The highest BCUT2D eigenvalue weighted by Crippen LogP contribution is 2.32. The van der Waals surface area contributed by atoms with E-state index in [-0.39, 0.29) is 6.54 Å². The molecule has 0 saturated carbocycles. The Bertz CT molecular complexity index is 220. The molecular weight excluding hydrogens is 188 g/mol. The first-order chi connectivity index (χ1) is 5.95. The largest absolute Gasteiger partial charge is 0.393 e. The normalized spacial score (nSPS) is 35.5. The second-order valence-corrected chi connectivity index (χ2v) is 3.01. The zero-order valence-corrected chi connectivity index (χ0v) is 6.61. The minimum Gasteiger partial charge on any atom is -0.299 e. The van der Waals surface area contributed by atoms with Crippen molar-refractivity contribution in [3.8, 4) is 6.07 Å². The second kappa shape index (κ2) is 3.50. The summed E-state index contributed by atoms with van der Waals surface area (Å²) in [5, 5.41) is 10.5. The van der Waals surface area contributed by atoms with Crippen molar-refractivity contribution < 1.29 is 17.6 Å². The monoisotopic (exact) mass is 196 g/mol. The molecule has 1 heterocycles. The number of hydrogen-bond donors (Lipinski definition) is 1. The molecule has 3 unspecified atom stereocenters. The number of nitrogens with zero attached hydrogens (tertiary/aromatic N) is 1. The Hall–Kier alpha value is -0.830. The average molecular weight is 196 g/mol. The third-order valence-corrected chi connectivity index (χ3v) is 2.06. The van der Waals surface area contributed by atoms with Gasteiger partial charge in [0.25, 0.3) is 0 Å². The quantitative estimate of drug-likeness (QED) is 0.594. The summed E-state index contributed by atoms with van der Waals surface area (Å²) >= 11 is 0. The van der Waals surface area contributed by atoms with Gasteiger partial charge in [0.15, 0.2) is 0 Å². The summed E-state index contributed by atoms with van der Waals surface area (Å²) < 4.78 is 49.0. The van der Waals surface area contributed by atoms with Gasteiger partial charge >= 0.3 is 6.18 Å². The van der Waals surface area contributed by atoms with Crippen LogP contribution in [-0.2, 0) is 0 Å². The van der Waals surface area contributed by atoms with Gasteiger partial charge in [-0.25, -0.2) is 4.39 Å². The summed E-state index contributed by atoms with van der Waals surface area (Å²) in [6, 6.07) is 0.474. The van der Waals surface area contributed by atoms with E-state index < -0.39 is 30.7 Å². The molecular formula is C7H8F4N2. The Kier molecular flexibility index (Phi) is 2.76. The van der Waals surface area contributed by atoms with Gasteiger partial charge in [-0.05, 0) is 6.42 Å². The topological polar surface area (TPSA) is 35.8 Å². The minimum absolute atomic E-state index is 0.373. The molecule has 1 aliphatic rings. The third-order valence-electron chi connectivity index (χ3n) is 2.06. The lowest BCUT2D eigenvalue weighted by Crippen LogP contribution is -2.49. The Morgan fingerprint density at radius 3 is 2.38 bits per heavy atom. The van der Waals surface area contributed by atoms with Crippen LogP contribution in [0.5, 0.6) is 0 Å². The van der Waals surface area contributed by atoms with Gasteiger partial charge in [-0.1, -0.05) is 0 Å². The molecule has 0 radical (unpaired) electrons. The Labute approximate surface area is 72.5 Å². The zero-order chi connectivity index (χ0) is 10.1. The first kappa shape index (κ1) is 10.3. The van der Waals surface area contributed by atoms with Crippen LogP contribution < -0.4 is 5.32 Å². The van der Waals surface area contributed by atoms with E-state index in [9.17, 15) is 17.6 Å². The molecule has 0 aromatic carbocycles. The van der Waals surface area contributed by atoms with Gasteiger partial charge in [0.05, 0.1) is 12.0 Å². The molecule has 0 aliphatic carbocycles. The van der Waals surface area contributed by atoms with Crippen LogP contribution in [-0.4, -0.2) is 24.9 Å². The Morgan fingerprint density at radius 2 is 2.00 bits per heavy atom. The third kappa shape index (κ3) is 2.31. The van der Waals surface area contributed by atoms with Gasteiger partial charge in [0, 0.05) is 6.54 Å². The first-order valence-electron chi connectivity index (χ1n) is 3.79. The minimum atomic E-state index is -4.38. The van der Waals surface area contributed by atoms with Gasteiger partial charge in [-0.15, -0.1) is 0 Å². The number of halogens is 4. The highest BCUT2D eigenvalue weighted by molar-refractivity contribution is 5.00. The average Bonchev–Trinajstić information content (AvgIpc) is 2.02. The Balaban J connectivity index is 2.57. The second-order valence-electron chi connectivity index (χ2n) is 3.01. The summed E-state index contributed by atoms with van der Waals surface area (Å²) in [5.41, 5.74) is 0. The number of nitriles is 1. The molecule has 0 amide bonds. The van der Waals surface area contributed by atoms with Crippen molar-refractivity contribution in [3.63, 3.8) is 0 Å². The zero-order valence-electron chi connectivity index (χ0n) is 6.61. The molecule has 1 fully saturated rings. The van der Waals surface area contributed by atoms with Gasteiger partial charge in [0.1, 0.15) is 12.2 Å². The van der Waals surface area contributed by atoms with Crippen molar-refractivity contribution in [2.75, 3.05) is 6.54 Å². The summed E-state index contributed by atoms with van der Waals surface area (Å²) in [5.74, 6) is -1.67. The van der Waals surface area contributed by atoms with E-state index in [0.29, 0.717) is 0 Å². The molecule has 3 atom stereocenters. The van der Waals surface area contributed by atoms with E-state index in [1.165, 1.54) is 0 Å². The molecule has 0 spiro atoms. The van der Waals surface area contributed by atoms with Crippen LogP contribution in [0.15, 0.2) is 0 Å². The molecule has 1 saturated heterocycles. The van der Waals surface area contributed by atoms with E-state index in [2.05, 4.69) is 5.32 Å². The van der Waals surface area contributed by atoms with E-state index in [1.54, 1.807) is 6.07 Å². The number of rotatable bonds is 0. The fourth-order valence-corrected chi connectivity index (χ4v) is 1.26. The molecule has 0 aromatic rings. The highest BCUT2D eigenvalue weighted by Gasteiger charge is 2.45. The SMILES string of the molecule is N#CC1NCC(C(F)(F)F)CC1F. The van der Waals surface area contributed by atoms with E-state index in [1.807, 2.05) is 0 Å². The molecule has 1 aliphatic heterocycles. The van der Waals surface area contributed by atoms with Gasteiger partial charge in [0.2, 0.25) is 0 Å². The molecule has 13 heavy (non-hydrogen) atoms. The summed E-state index contributed by atoms with van der Waals surface area (Å²) in [6.07, 6.45) is -6.72. The van der Waals surface area contributed by atoms with Crippen LogP contribution in [0.1, 0.15) is 6.42 Å². The maximum atomic E-state index is 12.8. The molecule has 6 heteroatoms. The molecule has 1 N–H and O–H groups in total. The van der Waals surface area contributed by atoms with Crippen LogP contribution in [0.2, 0.25) is 0 Å². The van der Waals surface area contributed by atoms with Crippen molar-refractivity contribution in [3.05, 3.63) is 0 Å². The number of hydrogen-bond acceptors (Lipinski definition) is 2. The summed E-state index contributed by atoms with van der Waals surface area (Å²) in [7, 11) is 0. The predicted molar refractivity (Wildman–Crippen MR) is 36.5 cm³/mol. The van der Waals surface area contributed by atoms with Crippen molar-refractivity contribution in [2.45, 2.75) is 24.8 Å². The van der Waals surface area contributed by atoms with Crippen LogP contribution in [0.3, 0.4) is 0 Å². The lowest BCUT2D eigenvalue weighted by Gasteiger charge is -2.30. The van der Waals surface area contributed by atoms with Crippen molar-refractivity contribution in [1.82, 2.24) is 5.32 Å². The standard InChI is InChI=1S/C7H8F4N2/c8-5-1-4(7(9,10)11)3-13-6(5)2-12/h4-6,13H,1,3H2. The Morgan fingerprint density at radius 1 is 1.38 bits per heavy atom. The maximum absolute atomic E-state index is 12.8. The van der Waals surface area contributed by atoms with Crippen LogP contribution >= 0.6 is 0 Å². The molecule has 0 bridgehead atoms. The van der Waals surface area contributed by atoms with E-state index in [0.717, 1.165) is 0 Å². The van der Waals surface area contributed by atoms with Gasteiger partial charge < -0.3 is 0 Å². The van der Waals surface area contributed by atoms with Crippen LogP contribution in [0, 0.1) is 17.2 Å². The lowest BCUT2D eigenvalue weighted by molar-refractivity contribution is -0.183. The fraction of sp³-hybridized carbons (Fsp3) is 0.857. The lowest BCUT2D eigenvalue weighted by atomic mass is 9.93. The van der Waals surface area contributed by atoms with Gasteiger partial charge in [-0.2, -0.15) is 18.4 Å². The van der Waals surface area contributed by atoms with E-state index in [4.69, 9.17) is 5.26 Å². The molecule has 74 valence electrons. The molecule has 0 aromatic heterocycles. The van der Waals surface area contributed by atoms with Crippen molar-refractivity contribution in [2.24, 2.45) is 5.92 Å². The predicted octanol–water partition coefficient (Wildman–Crippen LogP) is 1.39. The van der Waals surface area contributed by atoms with Crippen LogP contribution in [0.4, 0.5) is 17.6 Å². The smallest absolute Gasteiger partial charge is 0.299 e. The summed E-state index contributed by atoms with van der Waals surface area (Å²) in [4.78, 5) is 0.